The number of rotatable bonds is 1. The van der Waals surface area contributed by atoms with Crippen molar-refractivity contribution in [1.82, 2.24) is 0 Å². The van der Waals surface area contributed by atoms with Crippen LogP contribution in [0.3, 0.4) is 0 Å². The van der Waals surface area contributed by atoms with Gasteiger partial charge in [-0.25, -0.2) is 0 Å². The summed E-state index contributed by atoms with van der Waals surface area (Å²) in [5.41, 5.74) is 0. The van der Waals surface area contributed by atoms with Crippen LogP contribution in [0.25, 0.3) is 0 Å². The van der Waals surface area contributed by atoms with E-state index < -0.39 is 0 Å². The van der Waals surface area contributed by atoms with Gasteiger partial charge in [-0.05, 0) is 43.9 Å². The molecule has 0 heterocycles. The van der Waals surface area contributed by atoms with E-state index in [9.17, 15) is 5.11 Å². The lowest BCUT2D eigenvalue weighted by Gasteiger charge is -2.31. The molecule has 2 rings (SSSR count). The van der Waals surface area contributed by atoms with Crippen molar-refractivity contribution in [3.63, 3.8) is 0 Å². The van der Waals surface area contributed by atoms with Crippen molar-refractivity contribution in [3.05, 3.63) is 22.7 Å². The van der Waals surface area contributed by atoms with Crippen LogP contribution in [0, 0.1) is 11.8 Å². The van der Waals surface area contributed by atoms with E-state index >= 15 is 0 Å². The topological polar surface area (TPSA) is 20.2 Å². The second-order valence-corrected chi connectivity index (χ2v) is 5.34. The van der Waals surface area contributed by atoms with Gasteiger partial charge in [0.05, 0.1) is 6.10 Å². The van der Waals surface area contributed by atoms with Gasteiger partial charge in [0.25, 0.3) is 0 Å². The molecule has 2 aliphatic carbocycles. The second kappa shape index (κ2) is 4.63. The van der Waals surface area contributed by atoms with Crippen LogP contribution in [0.2, 0.25) is 0 Å². The molecule has 0 spiro atoms. The zero-order chi connectivity index (χ0) is 9.97. The van der Waals surface area contributed by atoms with Crippen LogP contribution in [0.1, 0.15) is 32.1 Å². The van der Waals surface area contributed by atoms with Gasteiger partial charge in [-0.15, -0.1) is 0 Å². The lowest BCUT2D eigenvalue weighted by Crippen LogP contribution is -2.23. The summed E-state index contributed by atoms with van der Waals surface area (Å²) in [5.74, 6) is 1.48. The monoisotopic (exact) mass is 256 g/mol. The predicted molar refractivity (Wildman–Crippen MR) is 62.2 cm³/mol. The fourth-order valence-corrected chi connectivity index (χ4v) is 3.05. The molecular weight excluding hydrogens is 240 g/mol. The molecule has 0 bridgehead atoms. The van der Waals surface area contributed by atoms with Gasteiger partial charge in [-0.3, -0.25) is 0 Å². The van der Waals surface area contributed by atoms with E-state index in [4.69, 9.17) is 0 Å². The number of allylic oxidation sites excluding steroid dienone is 4. The maximum absolute atomic E-state index is 9.44. The molecule has 1 N–H and O–H groups in total. The summed E-state index contributed by atoms with van der Waals surface area (Å²) in [4.78, 5) is 0. The van der Waals surface area contributed by atoms with Crippen LogP contribution in [0.15, 0.2) is 22.7 Å². The maximum atomic E-state index is 9.44. The highest BCUT2D eigenvalue weighted by molar-refractivity contribution is 9.11. The molecule has 0 saturated heterocycles. The van der Waals surface area contributed by atoms with E-state index in [2.05, 4.69) is 34.2 Å². The summed E-state index contributed by atoms with van der Waals surface area (Å²) in [5, 5.41) is 9.44. The second-order valence-electron chi connectivity index (χ2n) is 4.42. The fourth-order valence-electron chi connectivity index (χ4n) is 2.52. The van der Waals surface area contributed by atoms with Crippen LogP contribution in [-0.4, -0.2) is 11.2 Å². The molecule has 0 amide bonds. The summed E-state index contributed by atoms with van der Waals surface area (Å²) in [6.45, 7) is 0. The summed E-state index contributed by atoms with van der Waals surface area (Å²) in [6.07, 6.45) is 12.2. The zero-order valence-electron chi connectivity index (χ0n) is 8.32. The Morgan fingerprint density at radius 1 is 1.21 bits per heavy atom. The molecule has 0 aliphatic heterocycles. The Morgan fingerprint density at radius 2 is 1.93 bits per heavy atom. The normalized spacial score (nSPS) is 38.1. The predicted octanol–water partition coefficient (Wildman–Crippen LogP) is 3.39. The van der Waals surface area contributed by atoms with E-state index in [0.29, 0.717) is 5.92 Å². The molecule has 1 saturated carbocycles. The largest absolute Gasteiger partial charge is 0.393 e. The number of halogens is 1. The first-order valence-corrected chi connectivity index (χ1v) is 6.27. The molecule has 14 heavy (non-hydrogen) atoms. The maximum Gasteiger partial charge on any atom is 0.0540 e. The van der Waals surface area contributed by atoms with Crippen molar-refractivity contribution in [2.45, 2.75) is 38.2 Å². The third kappa shape index (κ3) is 2.48. The van der Waals surface area contributed by atoms with Crippen molar-refractivity contribution in [2.24, 2.45) is 11.8 Å². The molecule has 78 valence electrons. The van der Waals surface area contributed by atoms with Crippen LogP contribution in [0.4, 0.5) is 0 Å². The molecular formula is C12H17BrO. The van der Waals surface area contributed by atoms with E-state index in [-0.39, 0.29) is 6.10 Å². The SMILES string of the molecule is OC1CCC(C2C=C(Br)C=CC2)CC1. The molecule has 1 atom stereocenters. The van der Waals surface area contributed by atoms with Gasteiger partial charge in [-0.2, -0.15) is 0 Å². The first-order valence-electron chi connectivity index (χ1n) is 5.47. The van der Waals surface area contributed by atoms with Crippen LogP contribution in [-0.2, 0) is 0 Å². The highest BCUT2D eigenvalue weighted by Gasteiger charge is 2.25. The minimum absolute atomic E-state index is 0.0298. The molecule has 1 unspecified atom stereocenters. The van der Waals surface area contributed by atoms with Gasteiger partial charge < -0.3 is 5.11 Å². The molecule has 1 fully saturated rings. The van der Waals surface area contributed by atoms with Crippen molar-refractivity contribution in [1.29, 1.82) is 0 Å². The standard InChI is InChI=1S/C12H17BrO/c13-11-3-1-2-10(8-11)9-4-6-12(14)7-5-9/h1,3,8-10,12,14H,2,4-7H2. The first-order chi connectivity index (χ1) is 6.75. The Hall–Kier alpha value is -0.0800. The Balaban J connectivity index is 1.93. The van der Waals surface area contributed by atoms with Crippen LogP contribution < -0.4 is 0 Å². The lowest BCUT2D eigenvalue weighted by atomic mass is 9.76. The number of hydrogen-bond donors (Lipinski definition) is 1. The summed E-state index contributed by atoms with van der Waals surface area (Å²) in [6, 6.07) is 0. The van der Waals surface area contributed by atoms with E-state index in [0.717, 1.165) is 18.8 Å². The van der Waals surface area contributed by atoms with Gasteiger partial charge in [-0.1, -0.05) is 34.2 Å². The van der Waals surface area contributed by atoms with Crippen molar-refractivity contribution in [2.75, 3.05) is 0 Å². The van der Waals surface area contributed by atoms with E-state index in [1.165, 1.54) is 23.7 Å². The molecule has 2 heteroatoms. The molecule has 0 radical (unpaired) electrons. The Kier molecular flexibility index (Phi) is 3.45. The van der Waals surface area contributed by atoms with Crippen LogP contribution >= 0.6 is 15.9 Å². The third-order valence-corrected chi connectivity index (χ3v) is 3.93. The quantitative estimate of drug-likeness (QED) is 0.763. The highest BCUT2D eigenvalue weighted by Crippen LogP contribution is 2.35. The van der Waals surface area contributed by atoms with Crippen LogP contribution in [0.5, 0.6) is 0 Å². The van der Waals surface area contributed by atoms with Gasteiger partial charge in [0, 0.05) is 4.48 Å². The zero-order valence-corrected chi connectivity index (χ0v) is 9.91. The first kappa shape index (κ1) is 10.4. The summed E-state index contributed by atoms with van der Waals surface area (Å²) in [7, 11) is 0. The van der Waals surface area contributed by atoms with Crippen molar-refractivity contribution < 1.29 is 5.11 Å². The fraction of sp³-hybridized carbons (Fsp3) is 0.667. The molecule has 1 nitrogen and oxygen atoms in total. The average molecular weight is 257 g/mol. The summed E-state index contributed by atoms with van der Waals surface area (Å²) >= 11 is 3.53. The minimum atomic E-state index is -0.0298. The molecule has 0 aromatic rings. The van der Waals surface area contributed by atoms with Gasteiger partial charge in [0.15, 0.2) is 0 Å². The highest BCUT2D eigenvalue weighted by atomic mass is 79.9. The van der Waals surface area contributed by atoms with Gasteiger partial charge in [0.2, 0.25) is 0 Å². The Morgan fingerprint density at radius 3 is 2.57 bits per heavy atom. The molecule has 0 aromatic carbocycles. The van der Waals surface area contributed by atoms with Gasteiger partial charge in [0.1, 0.15) is 0 Å². The number of aliphatic hydroxyl groups excluding tert-OH is 1. The van der Waals surface area contributed by atoms with E-state index in [1.807, 2.05) is 0 Å². The van der Waals surface area contributed by atoms with Crippen molar-refractivity contribution >= 4 is 15.9 Å². The Bertz CT molecular complexity index is 249. The van der Waals surface area contributed by atoms with E-state index in [1.54, 1.807) is 0 Å². The number of hydrogen-bond acceptors (Lipinski definition) is 1. The van der Waals surface area contributed by atoms with Gasteiger partial charge >= 0.3 is 0 Å². The number of aliphatic hydroxyl groups is 1. The van der Waals surface area contributed by atoms with Crippen molar-refractivity contribution in [3.8, 4) is 0 Å². The smallest absolute Gasteiger partial charge is 0.0540 e. The minimum Gasteiger partial charge on any atom is -0.393 e. The Labute approximate surface area is 94.0 Å². The summed E-state index contributed by atoms with van der Waals surface area (Å²) < 4.78 is 1.22. The average Bonchev–Trinajstić information content (AvgIpc) is 2.19. The third-order valence-electron chi connectivity index (χ3n) is 3.41. The lowest BCUT2D eigenvalue weighted by molar-refractivity contribution is 0.0977. The molecule has 2 aliphatic rings. The molecule has 0 aromatic heterocycles.